The number of aliphatic carboxylic acids is 1. The standard InChI is InChI=1S/C16H21FN2O4/c17-13-3-1-12(2-4-13)9-16(11-20)6-8-19(10-16)15(23)18-7-5-14(21)22/h1-4,20H,5-11H2,(H,18,23)(H,21,22). The van der Waals surface area contributed by atoms with Crippen molar-refractivity contribution in [2.75, 3.05) is 26.2 Å². The SMILES string of the molecule is O=C(O)CCNC(=O)N1CCC(CO)(Cc2ccc(F)cc2)C1. The summed E-state index contributed by atoms with van der Waals surface area (Å²) in [6.45, 7) is 0.901. The van der Waals surface area contributed by atoms with E-state index in [1.807, 2.05) is 0 Å². The number of hydrogen-bond donors (Lipinski definition) is 3. The van der Waals surface area contributed by atoms with Crippen molar-refractivity contribution in [3.63, 3.8) is 0 Å². The van der Waals surface area contributed by atoms with Gasteiger partial charge in [-0.2, -0.15) is 0 Å². The first-order chi connectivity index (χ1) is 10.9. The predicted octanol–water partition coefficient (Wildman–Crippen LogP) is 1.24. The van der Waals surface area contributed by atoms with Crippen molar-refractivity contribution >= 4 is 12.0 Å². The van der Waals surface area contributed by atoms with E-state index < -0.39 is 11.4 Å². The summed E-state index contributed by atoms with van der Waals surface area (Å²) in [5, 5.41) is 20.9. The lowest BCUT2D eigenvalue weighted by atomic mass is 9.81. The van der Waals surface area contributed by atoms with Gasteiger partial charge in [-0.05, 0) is 30.5 Å². The van der Waals surface area contributed by atoms with E-state index in [1.165, 1.54) is 12.1 Å². The fourth-order valence-electron chi connectivity index (χ4n) is 2.86. The van der Waals surface area contributed by atoms with E-state index in [0.717, 1.165) is 5.56 Å². The molecule has 1 aromatic carbocycles. The summed E-state index contributed by atoms with van der Waals surface area (Å²) in [4.78, 5) is 24.1. The van der Waals surface area contributed by atoms with E-state index in [-0.39, 0.29) is 31.4 Å². The number of hydrogen-bond acceptors (Lipinski definition) is 3. The number of halogens is 1. The van der Waals surface area contributed by atoms with Crippen molar-refractivity contribution in [3.05, 3.63) is 35.6 Å². The van der Waals surface area contributed by atoms with E-state index >= 15 is 0 Å². The molecule has 2 rings (SSSR count). The summed E-state index contributed by atoms with van der Waals surface area (Å²) in [6, 6.07) is 5.81. The molecule has 1 aliphatic rings. The van der Waals surface area contributed by atoms with E-state index in [1.54, 1.807) is 17.0 Å². The number of carboxylic acid groups (broad SMARTS) is 1. The normalized spacial score (nSPS) is 20.5. The van der Waals surface area contributed by atoms with Crippen LogP contribution >= 0.6 is 0 Å². The molecule has 6 nitrogen and oxygen atoms in total. The number of nitrogens with one attached hydrogen (secondary N) is 1. The number of nitrogens with zero attached hydrogens (tertiary/aromatic N) is 1. The fourth-order valence-corrected chi connectivity index (χ4v) is 2.86. The van der Waals surface area contributed by atoms with Gasteiger partial charge in [-0.1, -0.05) is 12.1 Å². The largest absolute Gasteiger partial charge is 0.481 e. The fraction of sp³-hybridized carbons (Fsp3) is 0.500. The van der Waals surface area contributed by atoms with Crippen LogP contribution in [-0.4, -0.2) is 53.4 Å². The number of carbonyl (C=O) groups excluding carboxylic acids is 1. The molecule has 0 aromatic heterocycles. The van der Waals surface area contributed by atoms with Crippen LogP contribution in [0.3, 0.4) is 0 Å². The lowest BCUT2D eigenvalue weighted by molar-refractivity contribution is -0.136. The quantitative estimate of drug-likeness (QED) is 0.734. The molecule has 1 unspecified atom stereocenters. The molecule has 0 radical (unpaired) electrons. The van der Waals surface area contributed by atoms with E-state index in [0.29, 0.717) is 25.9 Å². The van der Waals surface area contributed by atoms with Crippen molar-refractivity contribution in [1.29, 1.82) is 0 Å². The van der Waals surface area contributed by atoms with Gasteiger partial charge in [0.25, 0.3) is 0 Å². The number of carboxylic acids is 1. The van der Waals surface area contributed by atoms with Crippen LogP contribution in [0.15, 0.2) is 24.3 Å². The zero-order chi connectivity index (χ0) is 16.9. The molecule has 3 N–H and O–H groups in total. The second-order valence-electron chi connectivity index (χ2n) is 6.01. The lowest BCUT2D eigenvalue weighted by Gasteiger charge is -2.27. The van der Waals surface area contributed by atoms with Gasteiger partial charge < -0.3 is 20.4 Å². The molecule has 0 spiro atoms. The molecule has 0 aliphatic carbocycles. The number of benzene rings is 1. The lowest BCUT2D eigenvalue weighted by Crippen LogP contribution is -2.41. The highest BCUT2D eigenvalue weighted by Crippen LogP contribution is 2.33. The molecule has 1 heterocycles. The van der Waals surface area contributed by atoms with Gasteiger partial charge in [0.15, 0.2) is 0 Å². The second-order valence-corrected chi connectivity index (χ2v) is 6.01. The van der Waals surface area contributed by atoms with Crippen LogP contribution in [0.1, 0.15) is 18.4 Å². The number of aliphatic hydroxyl groups is 1. The number of rotatable bonds is 6. The van der Waals surface area contributed by atoms with Crippen molar-refractivity contribution in [2.24, 2.45) is 5.41 Å². The minimum atomic E-state index is -0.965. The molecule has 2 amide bonds. The third-order valence-corrected chi connectivity index (χ3v) is 4.17. The van der Waals surface area contributed by atoms with Crippen LogP contribution in [0, 0.1) is 11.2 Å². The predicted molar refractivity (Wildman–Crippen MR) is 81.5 cm³/mol. The number of carbonyl (C=O) groups is 2. The Kier molecular flexibility index (Phi) is 5.54. The molecule has 23 heavy (non-hydrogen) atoms. The Labute approximate surface area is 133 Å². The van der Waals surface area contributed by atoms with Crippen LogP contribution in [0.25, 0.3) is 0 Å². The Hall–Kier alpha value is -2.15. The summed E-state index contributed by atoms with van der Waals surface area (Å²) in [7, 11) is 0. The van der Waals surface area contributed by atoms with Gasteiger partial charge in [0.1, 0.15) is 5.82 Å². The number of likely N-dealkylation sites (tertiary alicyclic amines) is 1. The van der Waals surface area contributed by atoms with Crippen LogP contribution in [0.2, 0.25) is 0 Å². The Balaban J connectivity index is 1.93. The maximum absolute atomic E-state index is 13.0. The Morgan fingerprint density at radius 2 is 2.00 bits per heavy atom. The van der Waals surface area contributed by atoms with Gasteiger partial charge in [-0.15, -0.1) is 0 Å². The maximum atomic E-state index is 13.0. The molecule has 0 saturated carbocycles. The highest BCUT2D eigenvalue weighted by Gasteiger charge is 2.39. The molecule has 0 bridgehead atoms. The van der Waals surface area contributed by atoms with Crippen LogP contribution in [0.4, 0.5) is 9.18 Å². The summed E-state index contributed by atoms with van der Waals surface area (Å²) in [5.41, 5.74) is 0.468. The first-order valence-corrected chi connectivity index (χ1v) is 7.54. The smallest absolute Gasteiger partial charge is 0.317 e. The third-order valence-electron chi connectivity index (χ3n) is 4.17. The first kappa shape index (κ1) is 17.2. The van der Waals surface area contributed by atoms with Gasteiger partial charge in [0.05, 0.1) is 13.0 Å². The molecule has 7 heteroatoms. The number of urea groups is 1. The Morgan fingerprint density at radius 3 is 2.61 bits per heavy atom. The third kappa shape index (κ3) is 4.66. The monoisotopic (exact) mass is 324 g/mol. The molecule has 126 valence electrons. The van der Waals surface area contributed by atoms with Gasteiger partial charge in [-0.25, -0.2) is 9.18 Å². The van der Waals surface area contributed by atoms with Crippen molar-refractivity contribution in [2.45, 2.75) is 19.3 Å². The van der Waals surface area contributed by atoms with Crippen molar-refractivity contribution in [1.82, 2.24) is 10.2 Å². The molecule has 1 saturated heterocycles. The summed E-state index contributed by atoms with van der Waals surface area (Å²) < 4.78 is 13.0. The van der Waals surface area contributed by atoms with Gasteiger partial charge in [-0.3, -0.25) is 4.79 Å². The van der Waals surface area contributed by atoms with Crippen molar-refractivity contribution in [3.8, 4) is 0 Å². The summed E-state index contributed by atoms with van der Waals surface area (Å²) in [5.74, 6) is -1.27. The number of amides is 2. The first-order valence-electron chi connectivity index (χ1n) is 7.54. The average molecular weight is 324 g/mol. The van der Waals surface area contributed by atoms with Crippen molar-refractivity contribution < 1.29 is 24.2 Å². The molecule has 1 aromatic rings. The molecular weight excluding hydrogens is 303 g/mol. The molecule has 1 atom stereocenters. The van der Waals surface area contributed by atoms with Crippen LogP contribution in [-0.2, 0) is 11.2 Å². The average Bonchev–Trinajstić information content (AvgIpc) is 2.94. The topological polar surface area (TPSA) is 89.9 Å². The highest BCUT2D eigenvalue weighted by atomic mass is 19.1. The molecule has 1 aliphatic heterocycles. The Morgan fingerprint density at radius 1 is 1.30 bits per heavy atom. The minimum Gasteiger partial charge on any atom is -0.481 e. The minimum absolute atomic E-state index is 0.0662. The van der Waals surface area contributed by atoms with Crippen LogP contribution < -0.4 is 5.32 Å². The van der Waals surface area contributed by atoms with E-state index in [9.17, 15) is 19.1 Å². The van der Waals surface area contributed by atoms with E-state index in [2.05, 4.69) is 5.32 Å². The van der Waals surface area contributed by atoms with Gasteiger partial charge in [0.2, 0.25) is 0 Å². The highest BCUT2D eigenvalue weighted by molar-refractivity contribution is 5.75. The second kappa shape index (κ2) is 7.41. The zero-order valence-electron chi connectivity index (χ0n) is 12.8. The molecular formula is C16H21FN2O4. The summed E-state index contributed by atoms with van der Waals surface area (Å²) >= 11 is 0. The van der Waals surface area contributed by atoms with Gasteiger partial charge in [0, 0.05) is 25.0 Å². The Bertz CT molecular complexity index is 564. The number of aliphatic hydroxyl groups excluding tert-OH is 1. The van der Waals surface area contributed by atoms with Gasteiger partial charge >= 0.3 is 12.0 Å². The summed E-state index contributed by atoms with van der Waals surface area (Å²) in [6.07, 6.45) is 1.08. The maximum Gasteiger partial charge on any atom is 0.317 e. The van der Waals surface area contributed by atoms with Crippen LogP contribution in [0.5, 0.6) is 0 Å². The zero-order valence-corrected chi connectivity index (χ0v) is 12.8. The molecule has 1 fully saturated rings. The van der Waals surface area contributed by atoms with E-state index in [4.69, 9.17) is 5.11 Å².